The summed E-state index contributed by atoms with van der Waals surface area (Å²) < 4.78 is 57.5. The van der Waals surface area contributed by atoms with Crippen molar-refractivity contribution in [1.29, 1.82) is 0 Å². The van der Waals surface area contributed by atoms with Crippen LogP contribution in [0.2, 0.25) is 0 Å². The fourth-order valence-corrected chi connectivity index (χ4v) is 5.94. The summed E-state index contributed by atoms with van der Waals surface area (Å²) in [7, 11) is 3.29. The van der Waals surface area contributed by atoms with Crippen LogP contribution in [-0.2, 0) is 28.4 Å². The van der Waals surface area contributed by atoms with Crippen LogP contribution in [0.25, 0.3) is 66.7 Å². The molecule has 2 heterocycles. The highest BCUT2D eigenvalue weighted by Crippen LogP contribution is 2.39. The summed E-state index contributed by atoms with van der Waals surface area (Å²) in [4.78, 5) is 9.76. The number of ether oxygens (including phenoxy) is 8. The molecule has 0 amide bonds. The Labute approximate surface area is 312 Å². The van der Waals surface area contributed by atoms with Gasteiger partial charge in [-0.25, -0.2) is 9.97 Å². The maximum atomic E-state index is 6.36. The Balaban J connectivity index is 1.09. The van der Waals surface area contributed by atoms with Crippen molar-refractivity contribution in [2.24, 2.45) is 0 Å². The van der Waals surface area contributed by atoms with Gasteiger partial charge in [0.05, 0.1) is 77.2 Å². The average molecular weight is 737 g/mol. The van der Waals surface area contributed by atoms with E-state index in [1.54, 1.807) is 14.2 Å². The molecule has 0 saturated carbocycles. The minimum Gasteiger partial charge on any atom is -0.490 e. The van der Waals surface area contributed by atoms with Crippen molar-refractivity contribution in [3.8, 4) is 34.4 Å². The van der Waals surface area contributed by atoms with Gasteiger partial charge in [-0.15, -0.1) is 0 Å². The Morgan fingerprint density at radius 3 is 1.20 bits per heavy atom. The number of hydrogen-bond acceptors (Lipinski definition) is 12. The third kappa shape index (κ3) is 9.34. The van der Waals surface area contributed by atoms with Gasteiger partial charge in [-0.1, -0.05) is 48.5 Å². The first-order chi connectivity index (χ1) is 26.7. The molecule has 282 valence electrons. The smallest absolute Gasteiger partial charge is 0.231 e. The Hall–Kier alpha value is -5.08. The molecule has 0 unspecified atom stereocenters. The van der Waals surface area contributed by atoms with Gasteiger partial charge in [-0.05, 0) is 51.9 Å². The van der Waals surface area contributed by atoms with Crippen molar-refractivity contribution in [3.05, 3.63) is 84.9 Å². The molecule has 12 heteroatoms. The van der Waals surface area contributed by atoms with Gasteiger partial charge in [0.1, 0.15) is 35.7 Å². The third-order valence-electron chi connectivity index (χ3n) is 8.63. The van der Waals surface area contributed by atoms with Crippen LogP contribution in [0.4, 0.5) is 0 Å². The topological polar surface area (TPSA) is 126 Å². The third-order valence-corrected chi connectivity index (χ3v) is 8.63. The molecule has 0 bridgehead atoms. The van der Waals surface area contributed by atoms with Crippen LogP contribution in [0.3, 0.4) is 0 Å². The SMILES string of the molecule is COCCOCCOCCOc1cc2ccccc2cc1-c1nc2cc3nc(-c4cc5ccccc5cc4OCCOCCOCCOC)oc3cc2o1. The van der Waals surface area contributed by atoms with Crippen molar-refractivity contribution >= 4 is 43.7 Å². The fraction of sp³-hybridized carbons (Fsp3) is 0.333. The lowest BCUT2D eigenvalue weighted by Gasteiger charge is -2.12. The van der Waals surface area contributed by atoms with E-state index in [0.717, 1.165) is 32.7 Å². The molecule has 0 atom stereocenters. The lowest BCUT2D eigenvalue weighted by atomic mass is 10.1. The van der Waals surface area contributed by atoms with Gasteiger partial charge in [-0.2, -0.15) is 0 Å². The molecular weight excluding hydrogens is 692 g/mol. The summed E-state index contributed by atoms with van der Waals surface area (Å²) in [6, 6.07) is 28.0. The minimum absolute atomic E-state index is 0.348. The zero-order valence-electron chi connectivity index (χ0n) is 30.5. The lowest BCUT2D eigenvalue weighted by molar-refractivity contribution is 0.0180. The Morgan fingerprint density at radius 1 is 0.426 bits per heavy atom. The maximum absolute atomic E-state index is 6.36. The van der Waals surface area contributed by atoms with Crippen LogP contribution in [0.5, 0.6) is 11.5 Å². The molecule has 5 aromatic carbocycles. The molecule has 0 spiro atoms. The summed E-state index contributed by atoms with van der Waals surface area (Å²) in [5, 5.41) is 4.17. The van der Waals surface area contributed by atoms with Gasteiger partial charge >= 0.3 is 0 Å². The Morgan fingerprint density at radius 2 is 0.796 bits per heavy atom. The second kappa shape index (κ2) is 18.8. The second-order valence-corrected chi connectivity index (χ2v) is 12.3. The highest BCUT2D eigenvalue weighted by molar-refractivity contribution is 5.95. The molecule has 0 radical (unpaired) electrons. The van der Waals surface area contributed by atoms with Crippen molar-refractivity contribution in [1.82, 2.24) is 9.97 Å². The van der Waals surface area contributed by atoms with E-state index < -0.39 is 0 Å². The van der Waals surface area contributed by atoms with Crippen LogP contribution in [-0.4, -0.2) is 103 Å². The predicted octanol–water partition coefficient (Wildman–Crippen LogP) is 7.73. The molecule has 2 aromatic heterocycles. The van der Waals surface area contributed by atoms with Gasteiger partial charge in [-0.3, -0.25) is 0 Å². The molecule has 0 fully saturated rings. The molecule has 12 nitrogen and oxygen atoms in total. The number of aromatic nitrogens is 2. The van der Waals surface area contributed by atoms with E-state index in [9.17, 15) is 0 Å². The highest BCUT2D eigenvalue weighted by Gasteiger charge is 2.20. The van der Waals surface area contributed by atoms with E-state index in [-0.39, 0.29) is 0 Å². The molecule has 54 heavy (non-hydrogen) atoms. The average Bonchev–Trinajstić information content (AvgIpc) is 3.81. The monoisotopic (exact) mass is 736 g/mol. The first-order valence-electron chi connectivity index (χ1n) is 18.0. The second-order valence-electron chi connectivity index (χ2n) is 12.3. The van der Waals surface area contributed by atoms with E-state index >= 15 is 0 Å². The largest absolute Gasteiger partial charge is 0.490 e. The van der Waals surface area contributed by atoms with E-state index in [0.29, 0.717) is 125 Å². The van der Waals surface area contributed by atoms with Gasteiger partial charge in [0, 0.05) is 20.3 Å². The lowest BCUT2D eigenvalue weighted by Crippen LogP contribution is -2.12. The number of fused-ring (bicyclic) bond motifs is 4. The van der Waals surface area contributed by atoms with Crippen molar-refractivity contribution in [2.45, 2.75) is 0 Å². The summed E-state index contributed by atoms with van der Waals surface area (Å²) in [6.45, 7) is 5.61. The fourth-order valence-electron chi connectivity index (χ4n) is 5.94. The summed E-state index contributed by atoms with van der Waals surface area (Å²) in [5.41, 5.74) is 3.89. The van der Waals surface area contributed by atoms with Crippen molar-refractivity contribution in [3.63, 3.8) is 0 Å². The molecule has 7 rings (SSSR count). The van der Waals surface area contributed by atoms with Gasteiger partial charge in [0.2, 0.25) is 11.8 Å². The van der Waals surface area contributed by atoms with Crippen LogP contribution < -0.4 is 9.47 Å². The molecule has 0 aliphatic heterocycles. The maximum Gasteiger partial charge on any atom is 0.231 e. The molecule has 7 aromatic rings. The van der Waals surface area contributed by atoms with E-state index in [1.807, 2.05) is 72.8 Å². The molecule has 0 aliphatic rings. The summed E-state index contributed by atoms with van der Waals surface area (Å²) >= 11 is 0. The normalized spacial score (nSPS) is 11.7. The van der Waals surface area contributed by atoms with Gasteiger partial charge in [0.15, 0.2) is 11.2 Å². The zero-order valence-corrected chi connectivity index (χ0v) is 30.5. The van der Waals surface area contributed by atoms with E-state index in [1.165, 1.54) is 0 Å². The first-order valence-corrected chi connectivity index (χ1v) is 18.0. The number of methoxy groups -OCH3 is 2. The molecule has 0 saturated heterocycles. The molecule has 0 aliphatic carbocycles. The van der Waals surface area contributed by atoms with E-state index in [4.69, 9.17) is 56.7 Å². The molecular formula is C42H44N2O10. The number of hydrogen-bond donors (Lipinski definition) is 0. The van der Waals surface area contributed by atoms with Crippen molar-refractivity contribution in [2.75, 3.05) is 93.5 Å². The van der Waals surface area contributed by atoms with Crippen molar-refractivity contribution < 1.29 is 46.7 Å². The van der Waals surface area contributed by atoms with Crippen LogP contribution in [0.1, 0.15) is 0 Å². The van der Waals surface area contributed by atoms with Crippen LogP contribution >= 0.6 is 0 Å². The summed E-state index contributed by atoms with van der Waals surface area (Å²) in [5.74, 6) is 2.16. The predicted molar refractivity (Wildman–Crippen MR) is 205 cm³/mol. The van der Waals surface area contributed by atoms with Crippen LogP contribution in [0.15, 0.2) is 93.8 Å². The quantitative estimate of drug-likeness (QED) is 0.0633. The number of nitrogens with zero attached hydrogens (tertiary/aromatic N) is 2. The highest BCUT2D eigenvalue weighted by atomic mass is 16.6. The Kier molecular flexibility index (Phi) is 13.0. The standard InChI is InChI=1S/C42H44N2O10/c1-45-11-13-47-15-17-49-19-21-51-37-25-31-9-5-3-7-29(31)23-33(37)41-43-35-27-36-40(28-39(35)53-41)54-42(44-36)34-24-30-8-4-6-10-32(30)26-38(34)52-22-20-50-18-16-48-14-12-46-2/h3-10,23-28H,11-22H2,1-2H3. The van der Waals surface area contributed by atoms with Crippen LogP contribution in [0, 0.1) is 0 Å². The first kappa shape index (κ1) is 37.2. The van der Waals surface area contributed by atoms with Gasteiger partial charge in [0.25, 0.3) is 0 Å². The Bertz CT molecular complexity index is 2060. The zero-order chi connectivity index (χ0) is 37.0. The number of oxazole rings is 2. The molecule has 0 N–H and O–H groups in total. The van der Waals surface area contributed by atoms with Gasteiger partial charge < -0.3 is 46.7 Å². The van der Waals surface area contributed by atoms with E-state index in [2.05, 4.69) is 12.1 Å². The minimum atomic E-state index is 0.348. The number of benzene rings is 5. The number of rotatable bonds is 22. The summed E-state index contributed by atoms with van der Waals surface area (Å²) in [6.07, 6.45) is 0.